The summed E-state index contributed by atoms with van der Waals surface area (Å²) in [5.74, 6) is 0. The minimum absolute atomic E-state index is 0.850. The minimum Gasteiger partial charge on any atom is -0.398 e. The van der Waals surface area contributed by atoms with E-state index in [2.05, 4.69) is 42.8 Å². The molecule has 0 atom stereocenters. The van der Waals surface area contributed by atoms with Crippen molar-refractivity contribution in [1.29, 1.82) is 0 Å². The van der Waals surface area contributed by atoms with E-state index in [9.17, 15) is 0 Å². The van der Waals surface area contributed by atoms with Crippen LogP contribution in [0.15, 0.2) is 49.1 Å². The zero-order valence-corrected chi connectivity index (χ0v) is 10.2. The fourth-order valence-corrected chi connectivity index (χ4v) is 2.02. The second kappa shape index (κ2) is 5.02. The highest BCUT2D eigenvalue weighted by molar-refractivity contribution is 5.86. The van der Waals surface area contributed by atoms with E-state index in [4.69, 9.17) is 5.73 Å². The van der Waals surface area contributed by atoms with Gasteiger partial charge in [-0.2, -0.15) is 0 Å². The zero-order valence-electron chi connectivity index (χ0n) is 10.2. The highest BCUT2D eigenvalue weighted by Gasteiger charge is 2.04. The monoisotopic (exact) mass is 226 g/mol. The molecule has 2 nitrogen and oxygen atoms in total. The van der Waals surface area contributed by atoms with Crippen LogP contribution in [0.1, 0.15) is 5.56 Å². The normalized spacial score (nSPS) is 10.9. The van der Waals surface area contributed by atoms with E-state index in [1.165, 1.54) is 16.3 Å². The van der Waals surface area contributed by atoms with Gasteiger partial charge in [-0.15, -0.1) is 6.58 Å². The number of likely N-dealkylation sites (N-methyl/N-ethyl adjacent to an activating group) is 1. The van der Waals surface area contributed by atoms with Gasteiger partial charge in [0.25, 0.3) is 0 Å². The Morgan fingerprint density at radius 3 is 2.53 bits per heavy atom. The second-order valence-electron chi connectivity index (χ2n) is 4.38. The molecule has 17 heavy (non-hydrogen) atoms. The van der Waals surface area contributed by atoms with Gasteiger partial charge in [0.1, 0.15) is 0 Å². The maximum Gasteiger partial charge on any atom is 0.0366 e. The molecule has 0 amide bonds. The molecule has 2 heteroatoms. The van der Waals surface area contributed by atoms with Crippen molar-refractivity contribution in [2.75, 3.05) is 19.3 Å². The molecule has 0 fully saturated rings. The topological polar surface area (TPSA) is 29.3 Å². The first kappa shape index (κ1) is 11.7. The van der Waals surface area contributed by atoms with Crippen LogP contribution in [0, 0.1) is 0 Å². The van der Waals surface area contributed by atoms with E-state index < -0.39 is 0 Å². The summed E-state index contributed by atoms with van der Waals surface area (Å²) in [6.07, 6.45) is 1.90. The molecule has 0 saturated heterocycles. The number of nitrogens with zero attached hydrogens (tertiary/aromatic N) is 1. The summed E-state index contributed by atoms with van der Waals surface area (Å²) >= 11 is 0. The fraction of sp³-hybridized carbons (Fsp3) is 0.200. The third-order valence-corrected chi connectivity index (χ3v) is 2.89. The molecule has 0 radical (unpaired) electrons. The molecule has 0 spiro atoms. The highest BCUT2D eigenvalue weighted by Crippen LogP contribution is 2.22. The molecule has 2 aromatic rings. The third-order valence-electron chi connectivity index (χ3n) is 2.89. The molecule has 0 bridgehead atoms. The average Bonchev–Trinajstić information content (AvgIpc) is 2.30. The Hall–Kier alpha value is -1.80. The molecule has 0 heterocycles. The van der Waals surface area contributed by atoms with E-state index >= 15 is 0 Å². The van der Waals surface area contributed by atoms with E-state index in [0.29, 0.717) is 0 Å². The van der Waals surface area contributed by atoms with Gasteiger partial charge >= 0.3 is 0 Å². The van der Waals surface area contributed by atoms with Crippen LogP contribution in [-0.4, -0.2) is 18.5 Å². The molecular formula is C15H18N2. The van der Waals surface area contributed by atoms with Gasteiger partial charge in [-0.05, 0) is 35.5 Å². The molecule has 0 aliphatic rings. The lowest BCUT2D eigenvalue weighted by atomic mass is 10.0. The predicted molar refractivity (Wildman–Crippen MR) is 74.9 cm³/mol. The molecule has 2 N–H and O–H groups in total. The third kappa shape index (κ3) is 2.66. The van der Waals surface area contributed by atoms with Gasteiger partial charge in [0.2, 0.25) is 0 Å². The second-order valence-corrected chi connectivity index (χ2v) is 4.38. The van der Waals surface area contributed by atoms with Crippen LogP contribution in [0.3, 0.4) is 0 Å². The zero-order chi connectivity index (χ0) is 12.3. The van der Waals surface area contributed by atoms with Crippen molar-refractivity contribution in [3.63, 3.8) is 0 Å². The van der Waals surface area contributed by atoms with Gasteiger partial charge in [-0.25, -0.2) is 0 Å². The van der Waals surface area contributed by atoms with Crippen molar-refractivity contribution in [2.24, 2.45) is 0 Å². The number of nitrogen functional groups attached to an aromatic ring is 1. The van der Waals surface area contributed by atoms with Crippen LogP contribution in [0.4, 0.5) is 5.69 Å². The lowest BCUT2D eigenvalue weighted by Gasteiger charge is -2.16. The summed E-state index contributed by atoms with van der Waals surface area (Å²) in [7, 11) is 2.07. The first-order valence-electron chi connectivity index (χ1n) is 5.77. The largest absolute Gasteiger partial charge is 0.398 e. The Morgan fingerprint density at radius 1 is 1.24 bits per heavy atom. The number of benzene rings is 2. The van der Waals surface area contributed by atoms with E-state index in [1.54, 1.807) is 0 Å². The van der Waals surface area contributed by atoms with E-state index in [-0.39, 0.29) is 0 Å². The van der Waals surface area contributed by atoms with Crippen LogP contribution < -0.4 is 5.73 Å². The molecule has 2 aromatic carbocycles. The van der Waals surface area contributed by atoms with E-state index in [0.717, 1.165) is 18.8 Å². The molecular weight excluding hydrogens is 208 g/mol. The SMILES string of the molecule is C=CCN(C)Cc1cc2ccccc2cc1N. The Labute approximate surface area is 102 Å². The van der Waals surface area contributed by atoms with Crippen molar-refractivity contribution < 1.29 is 0 Å². The summed E-state index contributed by atoms with van der Waals surface area (Å²) in [6, 6.07) is 12.5. The van der Waals surface area contributed by atoms with Gasteiger partial charge in [-0.1, -0.05) is 30.3 Å². The van der Waals surface area contributed by atoms with Crippen molar-refractivity contribution in [3.8, 4) is 0 Å². The molecule has 0 aliphatic carbocycles. The quantitative estimate of drug-likeness (QED) is 0.641. The first-order chi connectivity index (χ1) is 8.20. The lowest BCUT2D eigenvalue weighted by molar-refractivity contribution is 0.364. The highest BCUT2D eigenvalue weighted by atomic mass is 15.1. The molecule has 0 saturated carbocycles. The summed E-state index contributed by atoms with van der Waals surface area (Å²) in [5.41, 5.74) is 8.11. The lowest BCUT2D eigenvalue weighted by Crippen LogP contribution is -2.18. The molecule has 2 rings (SSSR count). The van der Waals surface area contributed by atoms with Gasteiger partial charge in [-0.3, -0.25) is 4.90 Å². The van der Waals surface area contributed by atoms with Crippen molar-refractivity contribution in [1.82, 2.24) is 4.90 Å². The molecule has 0 aliphatic heterocycles. The minimum atomic E-state index is 0.850. The average molecular weight is 226 g/mol. The predicted octanol–water partition coefficient (Wildman–Crippen LogP) is 3.04. The number of hydrogen-bond donors (Lipinski definition) is 1. The Balaban J connectivity index is 2.33. The Morgan fingerprint density at radius 2 is 1.88 bits per heavy atom. The standard InChI is InChI=1S/C15H18N2/c1-3-8-17(2)11-14-9-12-6-4-5-7-13(12)10-15(14)16/h3-7,9-10H,1,8,11,16H2,2H3. The maximum atomic E-state index is 6.08. The van der Waals surface area contributed by atoms with Gasteiger partial charge in [0.05, 0.1) is 0 Å². The molecule has 88 valence electrons. The van der Waals surface area contributed by atoms with Crippen LogP contribution in [0.25, 0.3) is 10.8 Å². The van der Waals surface area contributed by atoms with Crippen molar-refractivity contribution in [2.45, 2.75) is 6.54 Å². The Kier molecular flexibility index (Phi) is 3.45. The molecule has 0 aromatic heterocycles. The number of anilines is 1. The molecule has 0 unspecified atom stereocenters. The van der Waals surface area contributed by atoms with Crippen LogP contribution in [0.2, 0.25) is 0 Å². The number of rotatable bonds is 4. The van der Waals surface area contributed by atoms with Gasteiger partial charge in [0, 0.05) is 18.8 Å². The maximum absolute atomic E-state index is 6.08. The van der Waals surface area contributed by atoms with Gasteiger partial charge < -0.3 is 5.73 Å². The van der Waals surface area contributed by atoms with Crippen LogP contribution in [-0.2, 0) is 6.54 Å². The summed E-state index contributed by atoms with van der Waals surface area (Å²) in [6.45, 7) is 5.46. The summed E-state index contributed by atoms with van der Waals surface area (Å²) in [4.78, 5) is 2.19. The van der Waals surface area contributed by atoms with Crippen LogP contribution >= 0.6 is 0 Å². The van der Waals surface area contributed by atoms with Crippen LogP contribution in [0.5, 0.6) is 0 Å². The summed E-state index contributed by atoms with van der Waals surface area (Å²) in [5, 5.41) is 2.43. The fourth-order valence-electron chi connectivity index (χ4n) is 2.02. The number of nitrogens with two attached hydrogens (primary N) is 1. The smallest absolute Gasteiger partial charge is 0.0366 e. The Bertz CT molecular complexity index is 531. The summed E-state index contributed by atoms with van der Waals surface area (Å²) < 4.78 is 0. The first-order valence-corrected chi connectivity index (χ1v) is 5.77. The number of fused-ring (bicyclic) bond motifs is 1. The number of hydrogen-bond acceptors (Lipinski definition) is 2. The van der Waals surface area contributed by atoms with Crippen molar-refractivity contribution in [3.05, 3.63) is 54.6 Å². The van der Waals surface area contributed by atoms with Gasteiger partial charge in [0.15, 0.2) is 0 Å². The van der Waals surface area contributed by atoms with Crippen molar-refractivity contribution >= 4 is 16.5 Å². The van der Waals surface area contributed by atoms with E-state index in [1.807, 2.05) is 18.2 Å².